The van der Waals surface area contributed by atoms with Crippen molar-refractivity contribution in [2.24, 2.45) is 0 Å². The highest BCUT2D eigenvalue weighted by molar-refractivity contribution is 5.76. The van der Waals surface area contributed by atoms with Crippen LogP contribution in [0.15, 0.2) is 12.3 Å². The molecule has 1 atom stereocenters. The molecule has 0 fully saturated rings. The summed E-state index contributed by atoms with van der Waals surface area (Å²) in [4.78, 5) is 10.5. The molecule has 0 aromatic carbocycles. The van der Waals surface area contributed by atoms with Gasteiger partial charge in [-0.25, -0.2) is 0 Å². The second-order valence-electron chi connectivity index (χ2n) is 3.66. The van der Waals surface area contributed by atoms with E-state index in [2.05, 4.69) is 11.9 Å². The first kappa shape index (κ1) is 11.0. The minimum Gasteiger partial charge on any atom is -0.511 e. The van der Waals surface area contributed by atoms with Gasteiger partial charge in [0, 0.05) is 5.54 Å². The number of carboxylic acid groups (broad SMARTS) is 1. The molecule has 3 N–H and O–H groups in total. The van der Waals surface area contributed by atoms with Crippen molar-refractivity contribution in [1.82, 2.24) is 5.32 Å². The van der Waals surface area contributed by atoms with Crippen LogP contribution in [-0.2, 0) is 4.79 Å². The van der Waals surface area contributed by atoms with Crippen LogP contribution in [0.4, 0.5) is 0 Å². The van der Waals surface area contributed by atoms with E-state index in [9.17, 15) is 4.79 Å². The van der Waals surface area contributed by atoms with Crippen LogP contribution in [0.3, 0.4) is 0 Å². The Labute approximate surface area is 71.9 Å². The molecule has 0 aromatic rings. The Morgan fingerprint density at radius 2 is 1.83 bits per heavy atom. The molecule has 0 aliphatic carbocycles. The summed E-state index contributed by atoms with van der Waals surface area (Å²) in [7, 11) is 0. The smallest absolute Gasteiger partial charge is 0.328 e. The van der Waals surface area contributed by atoms with Gasteiger partial charge in [-0.05, 0) is 20.8 Å². The molecule has 70 valence electrons. The highest BCUT2D eigenvalue weighted by Crippen LogP contribution is 2.05. The fourth-order valence-electron chi connectivity index (χ4n) is 0.721. The molecular weight excluding hydrogens is 158 g/mol. The number of hydrogen-bond acceptors (Lipinski definition) is 3. The largest absolute Gasteiger partial charge is 0.511 e. The van der Waals surface area contributed by atoms with E-state index in [1.54, 1.807) is 0 Å². The first-order valence-electron chi connectivity index (χ1n) is 3.62. The van der Waals surface area contributed by atoms with Gasteiger partial charge >= 0.3 is 5.97 Å². The van der Waals surface area contributed by atoms with E-state index in [1.165, 1.54) is 0 Å². The van der Waals surface area contributed by atoms with E-state index in [0.717, 1.165) is 0 Å². The normalized spacial score (nSPS) is 13.9. The Kier molecular flexibility index (Phi) is 3.27. The predicted molar refractivity (Wildman–Crippen MR) is 46.1 cm³/mol. The number of aliphatic hydroxyl groups is 1. The average Bonchev–Trinajstić information content (AvgIpc) is 1.79. The first-order chi connectivity index (χ1) is 5.24. The van der Waals surface area contributed by atoms with Crippen LogP contribution in [0, 0.1) is 0 Å². The van der Waals surface area contributed by atoms with Crippen molar-refractivity contribution in [3.63, 3.8) is 0 Å². The molecule has 1 unspecified atom stereocenters. The molecule has 0 bridgehead atoms. The molecule has 12 heavy (non-hydrogen) atoms. The van der Waals surface area contributed by atoms with Crippen molar-refractivity contribution in [2.45, 2.75) is 32.4 Å². The Bertz CT molecular complexity index is 179. The van der Waals surface area contributed by atoms with Crippen LogP contribution >= 0.6 is 0 Å². The summed E-state index contributed by atoms with van der Waals surface area (Å²) in [5.74, 6) is -1.50. The van der Waals surface area contributed by atoms with Crippen LogP contribution < -0.4 is 5.32 Å². The summed E-state index contributed by atoms with van der Waals surface area (Å²) in [6, 6.07) is -1.09. The predicted octanol–water partition coefficient (Wildman–Crippen LogP) is 0.899. The molecule has 0 saturated heterocycles. The van der Waals surface area contributed by atoms with E-state index >= 15 is 0 Å². The number of rotatable bonds is 3. The molecular formula is C8H15NO3. The minimum atomic E-state index is -1.13. The van der Waals surface area contributed by atoms with Crippen molar-refractivity contribution < 1.29 is 15.0 Å². The Balaban J connectivity index is 4.35. The summed E-state index contributed by atoms with van der Waals surface area (Å²) in [6.45, 7) is 8.61. The molecule has 4 heteroatoms. The topological polar surface area (TPSA) is 69.6 Å². The van der Waals surface area contributed by atoms with Gasteiger partial charge in [0.25, 0.3) is 0 Å². The summed E-state index contributed by atoms with van der Waals surface area (Å²) in [5.41, 5.74) is -0.366. The molecule has 0 radical (unpaired) electrons. The lowest BCUT2D eigenvalue weighted by molar-refractivity contribution is -0.139. The fourth-order valence-corrected chi connectivity index (χ4v) is 0.721. The van der Waals surface area contributed by atoms with E-state index in [-0.39, 0.29) is 11.3 Å². The lowest BCUT2D eigenvalue weighted by Gasteiger charge is -2.25. The van der Waals surface area contributed by atoms with Crippen molar-refractivity contribution in [2.75, 3.05) is 0 Å². The summed E-state index contributed by atoms with van der Waals surface area (Å²) in [6.07, 6.45) is 0. The third kappa shape index (κ3) is 3.98. The molecule has 0 aromatic heterocycles. The van der Waals surface area contributed by atoms with Gasteiger partial charge in [0.15, 0.2) is 6.04 Å². The van der Waals surface area contributed by atoms with Crippen molar-refractivity contribution in [3.8, 4) is 0 Å². The molecule has 0 spiro atoms. The number of aliphatic hydroxyl groups excluding tert-OH is 1. The zero-order valence-electron chi connectivity index (χ0n) is 7.59. The molecule has 0 amide bonds. The number of aliphatic carboxylic acids is 1. The van der Waals surface area contributed by atoms with E-state index in [4.69, 9.17) is 10.2 Å². The molecule has 4 nitrogen and oxygen atoms in total. The van der Waals surface area contributed by atoms with Gasteiger partial charge in [-0.1, -0.05) is 6.58 Å². The lowest BCUT2D eigenvalue weighted by atomic mass is 10.1. The van der Waals surface area contributed by atoms with Gasteiger partial charge in [-0.15, -0.1) is 0 Å². The molecule has 0 heterocycles. The molecule has 0 aliphatic rings. The van der Waals surface area contributed by atoms with Gasteiger partial charge in [-0.2, -0.15) is 0 Å². The quantitative estimate of drug-likeness (QED) is 0.554. The van der Waals surface area contributed by atoms with E-state index < -0.39 is 12.0 Å². The highest BCUT2D eigenvalue weighted by Gasteiger charge is 2.25. The SMILES string of the molecule is C=C(O)C(NC(C)(C)C)C(=O)O. The maximum Gasteiger partial charge on any atom is 0.328 e. The molecule has 0 rings (SSSR count). The van der Waals surface area contributed by atoms with Crippen LogP contribution in [0.25, 0.3) is 0 Å². The number of nitrogens with one attached hydrogen (secondary N) is 1. The number of hydrogen-bond donors (Lipinski definition) is 3. The average molecular weight is 173 g/mol. The third-order valence-electron chi connectivity index (χ3n) is 1.16. The van der Waals surface area contributed by atoms with Crippen molar-refractivity contribution >= 4 is 5.97 Å². The van der Waals surface area contributed by atoms with E-state index in [1.807, 2.05) is 20.8 Å². The summed E-state index contributed by atoms with van der Waals surface area (Å²) in [5, 5.41) is 20.2. The number of carboxylic acids is 1. The van der Waals surface area contributed by atoms with Gasteiger partial charge in [0.05, 0.1) is 0 Å². The van der Waals surface area contributed by atoms with Crippen molar-refractivity contribution in [1.29, 1.82) is 0 Å². The third-order valence-corrected chi connectivity index (χ3v) is 1.16. The first-order valence-corrected chi connectivity index (χ1v) is 3.62. The monoisotopic (exact) mass is 173 g/mol. The van der Waals surface area contributed by atoms with Gasteiger partial charge < -0.3 is 10.2 Å². The fraction of sp³-hybridized carbons (Fsp3) is 0.625. The Morgan fingerprint density at radius 3 is 1.92 bits per heavy atom. The molecule has 0 aliphatic heterocycles. The van der Waals surface area contributed by atoms with Crippen molar-refractivity contribution in [3.05, 3.63) is 12.3 Å². The van der Waals surface area contributed by atoms with E-state index in [0.29, 0.717) is 0 Å². The standard InChI is InChI=1S/C8H15NO3/c1-5(10)6(7(11)12)9-8(2,3)4/h6,9-10H,1H2,2-4H3,(H,11,12). The van der Waals surface area contributed by atoms with Gasteiger partial charge in [0.2, 0.25) is 0 Å². The van der Waals surface area contributed by atoms with Crippen LogP contribution in [0.5, 0.6) is 0 Å². The Hall–Kier alpha value is -1.03. The molecule has 0 saturated carbocycles. The van der Waals surface area contributed by atoms with Gasteiger partial charge in [0.1, 0.15) is 5.76 Å². The second kappa shape index (κ2) is 3.58. The van der Waals surface area contributed by atoms with Gasteiger partial charge in [-0.3, -0.25) is 10.1 Å². The van der Waals surface area contributed by atoms with Crippen LogP contribution in [-0.4, -0.2) is 27.8 Å². The minimum absolute atomic E-state index is 0.366. The summed E-state index contributed by atoms with van der Waals surface area (Å²) < 4.78 is 0. The zero-order chi connectivity index (χ0) is 9.94. The maximum absolute atomic E-state index is 10.5. The second-order valence-corrected chi connectivity index (χ2v) is 3.66. The van der Waals surface area contributed by atoms with Crippen LogP contribution in [0.2, 0.25) is 0 Å². The lowest BCUT2D eigenvalue weighted by Crippen LogP contribution is -2.48. The highest BCUT2D eigenvalue weighted by atomic mass is 16.4. The summed E-state index contributed by atoms with van der Waals surface area (Å²) >= 11 is 0. The Morgan fingerprint density at radius 1 is 1.42 bits per heavy atom. The number of carbonyl (C=O) groups is 1. The zero-order valence-corrected chi connectivity index (χ0v) is 7.59. The maximum atomic E-state index is 10.5. The van der Waals surface area contributed by atoms with Crippen LogP contribution in [0.1, 0.15) is 20.8 Å².